The minimum absolute atomic E-state index is 0.250. The summed E-state index contributed by atoms with van der Waals surface area (Å²) in [6.45, 7) is 6.40. The summed E-state index contributed by atoms with van der Waals surface area (Å²) in [5, 5.41) is 4.46. The number of rotatable bonds is 3. The highest BCUT2D eigenvalue weighted by Crippen LogP contribution is 2.23. The van der Waals surface area contributed by atoms with Crippen molar-refractivity contribution in [3.63, 3.8) is 0 Å². The fourth-order valence-electron chi connectivity index (χ4n) is 3.28. The van der Waals surface area contributed by atoms with Gasteiger partial charge in [-0.1, -0.05) is 0 Å². The summed E-state index contributed by atoms with van der Waals surface area (Å²) in [5.74, 6) is 1.63. The van der Waals surface area contributed by atoms with Crippen molar-refractivity contribution < 1.29 is 4.79 Å². The number of aryl methyl sites for hydroxylation is 2. The summed E-state index contributed by atoms with van der Waals surface area (Å²) in [4.78, 5) is 22.4. The molecule has 1 aliphatic rings. The molecule has 3 aromatic rings. The smallest absolute Gasteiger partial charge is 0.204 e. The number of carbonyl (C=O) groups is 1. The zero-order valence-electron chi connectivity index (χ0n) is 16.6. The first-order valence-electron chi connectivity index (χ1n) is 9.26. The maximum Gasteiger partial charge on any atom is 0.204 e. The van der Waals surface area contributed by atoms with Crippen LogP contribution in [-0.2, 0) is 11.8 Å². The number of pyridine rings is 2. The van der Waals surface area contributed by atoms with E-state index in [9.17, 15) is 0 Å². The molecule has 8 heteroatoms. The number of nitrogens with two attached hydrogens (primary N) is 1. The zero-order chi connectivity index (χ0) is 20.1. The summed E-state index contributed by atoms with van der Waals surface area (Å²) in [6.07, 6.45) is 4.10. The first-order chi connectivity index (χ1) is 13.5. The van der Waals surface area contributed by atoms with E-state index in [1.54, 1.807) is 0 Å². The van der Waals surface area contributed by atoms with Crippen LogP contribution in [0.2, 0.25) is 0 Å². The number of fused-ring (bicyclic) bond motifs is 1. The van der Waals surface area contributed by atoms with Crippen LogP contribution in [0.15, 0.2) is 36.7 Å². The van der Waals surface area contributed by atoms with Gasteiger partial charge in [0.25, 0.3) is 0 Å². The fourth-order valence-corrected chi connectivity index (χ4v) is 3.28. The van der Waals surface area contributed by atoms with Gasteiger partial charge in [-0.2, -0.15) is 0 Å². The molecule has 148 valence electrons. The van der Waals surface area contributed by atoms with Crippen LogP contribution < -0.4 is 16.0 Å². The Labute approximate surface area is 165 Å². The average molecular weight is 381 g/mol. The number of piperazine rings is 1. The molecule has 8 nitrogen and oxygen atoms in total. The van der Waals surface area contributed by atoms with E-state index in [2.05, 4.69) is 74.6 Å². The number of amides is 1. The Morgan fingerprint density at radius 1 is 1.04 bits per heavy atom. The van der Waals surface area contributed by atoms with Gasteiger partial charge in [0.1, 0.15) is 11.6 Å². The molecule has 1 saturated heterocycles. The normalized spacial score (nSPS) is 14.5. The van der Waals surface area contributed by atoms with E-state index in [1.165, 1.54) is 16.9 Å². The zero-order valence-corrected chi connectivity index (χ0v) is 16.6. The van der Waals surface area contributed by atoms with Gasteiger partial charge in [0, 0.05) is 56.6 Å². The summed E-state index contributed by atoms with van der Waals surface area (Å²) >= 11 is 0. The number of aromatic nitrogens is 3. The van der Waals surface area contributed by atoms with Gasteiger partial charge in [-0.3, -0.25) is 4.79 Å². The number of primary amides is 1. The van der Waals surface area contributed by atoms with E-state index in [-0.39, 0.29) is 6.41 Å². The van der Waals surface area contributed by atoms with E-state index in [0.717, 1.165) is 43.2 Å². The van der Waals surface area contributed by atoms with Crippen molar-refractivity contribution >= 4 is 34.6 Å². The number of hydrogen-bond acceptors (Lipinski definition) is 6. The Bertz CT molecular complexity index is 928. The van der Waals surface area contributed by atoms with Crippen LogP contribution in [0.3, 0.4) is 0 Å². The number of carbonyl (C=O) groups excluding carboxylic acids is 1. The number of hydrogen-bond donors (Lipinski definition) is 2. The molecule has 1 amide bonds. The van der Waals surface area contributed by atoms with Crippen molar-refractivity contribution in [2.45, 2.75) is 6.92 Å². The van der Waals surface area contributed by atoms with Crippen LogP contribution in [0.4, 0.5) is 17.3 Å². The molecule has 0 spiro atoms. The molecule has 0 bridgehead atoms. The van der Waals surface area contributed by atoms with Crippen molar-refractivity contribution in [3.8, 4) is 0 Å². The van der Waals surface area contributed by atoms with Crippen molar-refractivity contribution in [1.82, 2.24) is 19.4 Å². The highest BCUT2D eigenvalue weighted by atomic mass is 16.1. The lowest BCUT2D eigenvalue weighted by molar-refractivity contribution is -0.106. The molecular weight excluding hydrogens is 354 g/mol. The first kappa shape index (κ1) is 19.6. The first-order valence-corrected chi connectivity index (χ1v) is 9.26. The Kier molecular flexibility index (Phi) is 6.10. The lowest BCUT2D eigenvalue weighted by Gasteiger charge is -2.33. The monoisotopic (exact) mass is 381 g/mol. The molecule has 0 unspecified atom stereocenters. The average Bonchev–Trinajstić information content (AvgIpc) is 2.98. The van der Waals surface area contributed by atoms with Crippen LogP contribution in [0.25, 0.3) is 10.9 Å². The quantitative estimate of drug-likeness (QED) is 0.673. The second-order valence-electron chi connectivity index (χ2n) is 6.93. The number of nitrogens with zero attached hydrogens (tertiary/aromatic N) is 5. The van der Waals surface area contributed by atoms with Gasteiger partial charge in [0.15, 0.2) is 0 Å². The Morgan fingerprint density at radius 2 is 1.71 bits per heavy atom. The molecule has 0 atom stereocenters. The van der Waals surface area contributed by atoms with Gasteiger partial charge >= 0.3 is 0 Å². The Balaban J connectivity index is 0.000000706. The molecule has 4 rings (SSSR count). The van der Waals surface area contributed by atoms with E-state index < -0.39 is 0 Å². The second kappa shape index (κ2) is 8.71. The van der Waals surface area contributed by atoms with Crippen molar-refractivity contribution in [1.29, 1.82) is 0 Å². The Morgan fingerprint density at radius 3 is 2.36 bits per heavy atom. The molecular formula is C20H27N7O. The maximum absolute atomic E-state index is 8.58. The predicted octanol–water partition coefficient (Wildman–Crippen LogP) is 1.87. The molecule has 0 aliphatic carbocycles. The van der Waals surface area contributed by atoms with Gasteiger partial charge in [0.2, 0.25) is 6.41 Å². The SMILES string of the molecule is Cc1cc2cnc(Nc3ccc(N4CCN(C)CC4)cn3)cc2n1C.NC=O. The Hall–Kier alpha value is -3.13. The van der Waals surface area contributed by atoms with E-state index in [1.807, 2.05) is 18.5 Å². The second-order valence-corrected chi connectivity index (χ2v) is 6.93. The third kappa shape index (κ3) is 4.40. The fraction of sp³-hybridized carbons (Fsp3) is 0.350. The summed E-state index contributed by atoms with van der Waals surface area (Å²) in [7, 11) is 4.24. The highest BCUT2D eigenvalue weighted by molar-refractivity contribution is 5.83. The largest absolute Gasteiger partial charge is 0.372 e. The summed E-state index contributed by atoms with van der Waals surface area (Å²) in [6, 6.07) is 8.37. The molecule has 0 saturated carbocycles. The van der Waals surface area contributed by atoms with Crippen molar-refractivity contribution in [2.24, 2.45) is 12.8 Å². The number of likely N-dealkylation sites (N-methyl/N-ethyl adjacent to an activating group) is 1. The summed E-state index contributed by atoms with van der Waals surface area (Å²) < 4.78 is 2.17. The molecule has 1 aliphatic heterocycles. The van der Waals surface area contributed by atoms with Crippen molar-refractivity contribution in [2.75, 3.05) is 43.4 Å². The number of anilines is 3. The topological polar surface area (TPSA) is 92.3 Å². The van der Waals surface area contributed by atoms with Gasteiger partial charge in [-0.05, 0) is 32.2 Å². The highest BCUT2D eigenvalue weighted by Gasteiger charge is 2.14. The third-order valence-electron chi connectivity index (χ3n) is 5.04. The molecule has 1 fully saturated rings. The van der Waals surface area contributed by atoms with Gasteiger partial charge in [-0.25, -0.2) is 9.97 Å². The van der Waals surface area contributed by atoms with Crippen LogP contribution in [-0.4, -0.2) is 59.1 Å². The predicted molar refractivity (Wildman–Crippen MR) is 113 cm³/mol. The van der Waals surface area contributed by atoms with Gasteiger partial charge in [0.05, 0.1) is 17.4 Å². The van der Waals surface area contributed by atoms with Crippen LogP contribution >= 0.6 is 0 Å². The lowest BCUT2D eigenvalue weighted by atomic mass is 10.3. The van der Waals surface area contributed by atoms with E-state index in [4.69, 9.17) is 4.79 Å². The van der Waals surface area contributed by atoms with Crippen molar-refractivity contribution in [3.05, 3.63) is 42.4 Å². The van der Waals surface area contributed by atoms with Crippen LogP contribution in [0.1, 0.15) is 5.69 Å². The maximum atomic E-state index is 8.58. The van der Waals surface area contributed by atoms with Crippen LogP contribution in [0.5, 0.6) is 0 Å². The van der Waals surface area contributed by atoms with Gasteiger partial charge in [-0.15, -0.1) is 0 Å². The van der Waals surface area contributed by atoms with Crippen LogP contribution in [0, 0.1) is 6.92 Å². The third-order valence-corrected chi connectivity index (χ3v) is 5.04. The van der Waals surface area contributed by atoms with Gasteiger partial charge < -0.3 is 25.4 Å². The lowest BCUT2D eigenvalue weighted by Crippen LogP contribution is -2.44. The van der Waals surface area contributed by atoms with E-state index >= 15 is 0 Å². The molecule has 3 N–H and O–H groups in total. The summed E-state index contributed by atoms with van der Waals surface area (Å²) in [5.41, 5.74) is 7.74. The minimum Gasteiger partial charge on any atom is -0.372 e. The molecule has 28 heavy (non-hydrogen) atoms. The molecule has 0 radical (unpaired) electrons. The molecule has 3 aromatic heterocycles. The molecule has 0 aromatic carbocycles. The molecule has 4 heterocycles. The number of nitrogens with one attached hydrogen (secondary N) is 1. The standard InChI is InChI=1S/C19H24N6.CH3NO/c1-14-10-15-12-20-19(11-17(15)24(14)3)22-18-5-4-16(13-21-18)25-8-6-23(2)7-9-25;2-1-3/h4-5,10-13H,6-9H2,1-3H3,(H,20,21,22);1H,(H2,2,3). The van der Waals surface area contributed by atoms with E-state index in [0.29, 0.717) is 0 Å². The minimum atomic E-state index is 0.250.